The molecule has 0 N–H and O–H groups in total. The lowest BCUT2D eigenvalue weighted by molar-refractivity contribution is 1.07. The molecule has 0 saturated carbocycles. The van der Waals surface area contributed by atoms with Crippen molar-refractivity contribution in [1.82, 2.24) is 24.9 Å². The van der Waals surface area contributed by atoms with Crippen LogP contribution in [0.2, 0.25) is 0 Å². The van der Waals surface area contributed by atoms with Crippen LogP contribution in [0.4, 0.5) is 0 Å². The third-order valence-electron chi connectivity index (χ3n) is 7.77. The van der Waals surface area contributed by atoms with Crippen LogP contribution < -0.4 is 0 Å². The summed E-state index contributed by atoms with van der Waals surface area (Å²) >= 11 is 0. The molecule has 0 radical (unpaired) electrons. The van der Waals surface area contributed by atoms with Crippen LogP contribution >= 0.6 is 0 Å². The number of fused-ring (bicyclic) bond motifs is 3. The summed E-state index contributed by atoms with van der Waals surface area (Å²) in [6, 6.07) is 49.3. The Kier molecular flexibility index (Phi) is 6.39. The number of pyridine rings is 2. The Balaban J connectivity index is 1.27. The maximum atomic E-state index is 5.11. The molecule has 5 heteroatoms. The SMILES string of the molecule is c1ccc(-c2cc(-c3ccc(-c4nc(-c5ccccc5)nc(-c5ccccc5)n4)cc3)c3ccc4cccnc4c3n2)cc1. The molecule has 0 saturated heterocycles. The molecule has 0 bridgehead atoms. The molecule has 206 valence electrons. The van der Waals surface area contributed by atoms with Crippen LogP contribution in [0, 0.1) is 0 Å². The lowest BCUT2D eigenvalue weighted by Crippen LogP contribution is -2.00. The fourth-order valence-corrected chi connectivity index (χ4v) is 5.56. The van der Waals surface area contributed by atoms with Gasteiger partial charge in [0.05, 0.1) is 16.7 Å². The van der Waals surface area contributed by atoms with E-state index >= 15 is 0 Å². The third kappa shape index (κ3) is 4.76. The van der Waals surface area contributed by atoms with Gasteiger partial charge in [-0.2, -0.15) is 0 Å². The second kappa shape index (κ2) is 11.0. The third-order valence-corrected chi connectivity index (χ3v) is 7.77. The van der Waals surface area contributed by atoms with Crippen molar-refractivity contribution in [1.29, 1.82) is 0 Å². The first-order chi connectivity index (χ1) is 21.8. The number of aromatic nitrogens is 5. The van der Waals surface area contributed by atoms with Crippen LogP contribution in [-0.4, -0.2) is 24.9 Å². The summed E-state index contributed by atoms with van der Waals surface area (Å²) in [7, 11) is 0. The first-order valence-electron chi connectivity index (χ1n) is 14.5. The van der Waals surface area contributed by atoms with Crippen LogP contribution in [0.25, 0.3) is 78.4 Å². The van der Waals surface area contributed by atoms with Crippen molar-refractivity contribution in [2.45, 2.75) is 0 Å². The molecule has 44 heavy (non-hydrogen) atoms. The van der Waals surface area contributed by atoms with Gasteiger partial charge < -0.3 is 0 Å². The minimum atomic E-state index is 0.629. The van der Waals surface area contributed by atoms with E-state index < -0.39 is 0 Å². The van der Waals surface area contributed by atoms with E-state index in [1.165, 1.54) is 0 Å². The first-order valence-corrected chi connectivity index (χ1v) is 14.5. The molecule has 0 aliphatic rings. The summed E-state index contributed by atoms with van der Waals surface area (Å²) in [4.78, 5) is 24.5. The maximum Gasteiger partial charge on any atom is 0.164 e. The van der Waals surface area contributed by atoms with Crippen molar-refractivity contribution < 1.29 is 0 Å². The molecule has 0 aliphatic heterocycles. The molecule has 8 rings (SSSR count). The van der Waals surface area contributed by atoms with Crippen molar-refractivity contribution >= 4 is 21.8 Å². The van der Waals surface area contributed by atoms with Crippen LogP contribution in [0.15, 0.2) is 152 Å². The Morgan fingerprint density at radius 2 is 0.886 bits per heavy atom. The largest absolute Gasteiger partial charge is 0.254 e. The summed E-state index contributed by atoms with van der Waals surface area (Å²) in [5, 5.41) is 2.12. The summed E-state index contributed by atoms with van der Waals surface area (Å²) in [5.41, 5.74) is 8.74. The first kappa shape index (κ1) is 25.6. The fourth-order valence-electron chi connectivity index (χ4n) is 5.56. The lowest BCUT2D eigenvalue weighted by Gasteiger charge is -2.13. The van der Waals surface area contributed by atoms with Crippen LogP contribution in [0.3, 0.4) is 0 Å². The Morgan fingerprint density at radius 3 is 1.48 bits per heavy atom. The zero-order valence-electron chi connectivity index (χ0n) is 23.7. The fraction of sp³-hybridized carbons (Fsp3) is 0. The molecular weight excluding hydrogens is 538 g/mol. The Bertz CT molecular complexity index is 2190. The van der Waals surface area contributed by atoms with E-state index in [0.29, 0.717) is 17.5 Å². The van der Waals surface area contributed by atoms with Gasteiger partial charge in [0.2, 0.25) is 0 Å². The highest BCUT2D eigenvalue weighted by molar-refractivity contribution is 6.09. The van der Waals surface area contributed by atoms with Crippen molar-refractivity contribution in [2.75, 3.05) is 0 Å². The van der Waals surface area contributed by atoms with Gasteiger partial charge in [-0.3, -0.25) is 4.98 Å². The van der Waals surface area contributed by atoms with Crippen molar-refractivity contribution in [3.05, 3.63) is 152 Å². The smallest absolute Gasteiger partial charge is 0.164 e. The second-order valence-electron chi connectivity index (χ2n) is 10.6. The molecule has 3 heterocycles. The van der Waals surface area contributed by atoms with Crippen molar-refractivity contribution in [2.24, 2.45) is 0 Å². The summed E-state index contributed by atoms with van der Waals surface area (Å²) in [6.45, 7) is 0. The van der Waals surface area contributed by atoms with Gasteiger partial charge in [0.1, 0.15) is 0 Å². The summed E-state index contributed by atoms with van der Waals surface area (Å²) < 4.78 is 0. The molecule has 5 aromatic carbocycles. The quantitative estimate of drug-likeness (QED) is 0.195. The molecule has 3 aromatic heterocycles. The number of rotatable bonds is 5. The molecular formula is C39H25N5. The molecule has 5 nitrogen and oxygen atoms in total. The topological polar surface area (TPSA) is 64.5 Å². The standard InChI is InChI=1S/C39H25N5/c1-4-11-27(12-5-1)34-25-33(32-23-22-28-17-10-24-40-35(28)36(32)41-34)26-18-20-31(21-19-26)39-43-37(29-13-6-2-7-14-29)42-38(44-39)30-15-8-3-9-16-30/h1-25H. The van der Waals surface area contributed by atoms with E-state index in [4.69, 9.17) is 24.9 Å². The number of nitrogens with zero attached hydrogens (tertiary/aromatic N) is 5. The summed E-state index contributed by atoms with van der Waals surface area (Å²) in [6.07, 6.45) is 1.83. The predicted molar refractivity (Wildman–Crippen MR) is 178 cm³/mol. The highest BCUT2D eigenvalue weighted by atomic mass is 15.0. The van der Waals surface area contributed by atoms with Gasteiger partial charge in [-0.1, -0.05) is 133 Å². The van der Waals surface area contributed by atoms with Crippen LogP contribution in [0.1, 0.15) is 0 Å². The molecule has 0 fully saturated rings. The van der Waals surface area contributed by atoms with E-state index in [9.17, 15) is 0 Å². The van der Waals surface area contributed by atoms with Gasteiger partial charge in [0.25, 0.3) is 0 Å². The number of benzene rings is 5. The maximum absolute atomic E-state index is 5.11. The van der Waals surface area contributed by atoms with E-state index in [1.807, 2.05) is 91.1 Å². The molecule has 0 amide bonds. The highest BCUT2D eigenvalue weighted by Gasteiger charge is 2.15. The Morgan fingerprint density at radius 1 is 0.364 bits per heavy atom. The highest BCUT2D eigenvalue weighted by Crippen LogP contribution is 2.36. The minimum absolute atomic E-state index is 0.629. The van der Waals surface area contributed by atoms with Crippen LogP contribution in [-0.2, 0) is 0 Å². The molecule has 0 spiro atoms. The van der Waals surface area contributed by atoms with Crippen molar-refractivity contribution in [3.8, 4) is 56.5 Å². The van der Waals surface area contributed by atoms with Gasteiger partial charge in [0, 0.05) is 39.2 Å². The minimum Gasteiger partial charge on any atom is -0.254 e. The average Bonchev–Trinajstić information content (AvgIpc) is 3.12. The zero-order chi connectivity index (χ0) is 29.3. The van der Waals surface area contributed by atoms with Crippen molar-refractivity contribution in [3.63, 3.8) is 0 Å². The zero-order valence-corrected chi connectivity index (χ0v) is 23.7. The van der Waals surface area contributed by atoms with Crippen LogP contribution in [0.5, 0.6) is 0 Å². The number of hydrogen-bond donors (Lipinski definition) is 0. The Labute approximate surface area is 254 Å². The van der Waals surface area contributed by atoms with Gasteiger partial charge in [0.15, 0.2) is 17.5 Å². The van der Waals surface area contributed by atoms with E-state index in [2.05, 4.69) is 60.7 Å². The van der Waals surface area contributed by atoms with E-state index in [1.54, 1.807) is 0 Å². The second-order valence-corrected chi connectivity index (χ2v) is 10.6. The van der Waals surface area contributed by atoms with Gasteiger partial charge in [-0.05, 0) is 23.3 Å². The summed E-state index contributed by atoms with van der Waals surface area (Å²) in [5.74, 6) is 1.92. The molecule has 0 unspecified atom stereocenters. The Hall–Kier alpha value is -6.07. The number of hydrogen-bond acceptors (Lipinski definition) is 5. The molecule has 0 aliphatic carbocycles. The average molecular weight is 564 g/mol. The monoisotopic (exact) mass is 563 g/mol. The van der Waals surface area contributed by atoms with Gasteiger partial charge in [-0.25, -0.2) is 19.9 Å². The van der Waals surface area contributed by atoms with E-state index in [-0.39, 0.29) is 0 Å². The normalized spacial score (nSPS) is 11.2. The van der Waals surface area contributed by atoms with Gasteiger partial charge in [-0.15, -0.1) is 0 Å². The predicted octanol–water partition coefficient (Wildman–Crippen LogP) is 9.30. The molecule has 8 aromatic rings. The van der Waals surface area contributed by atoms with Gasteiger partial charge >= 0.3 is 0 Å². The lowest BCUT2D eigenvalue weighted by atomic mass is 9.96. The van der Waals surface area contributed by atoms with E-state index in [0.717, 1.165) is 60.9 Å². The molecule has 0 atom stereocenters.